The Morgan fingerprint density at radius 2 is 1.68 bits per heavy atom. The molecule has 6 heteroatoms. The molecule has 0 bridgehead atoms. The predicted molar refractivity (Wildman–Crippen MR) is 108 cm³/mol. The fourth-order valence-corrected chi connectivity index (χ4v) is 5.92. The van der Waals surface area contributed by atoms with Gasteiger partial charge in [-0.1, -0.05) is 35.9 Å². The molecule has 2 aromatic rings. The molecule has 1 heterocycles. The van der Waals surface area contributed by atoms with Gasteiger partial charge in [0.1, 0.15) is 0 Å². The third-order valence-corrected chi connectivity index (χ3v) is 7.83. The van der Waals surface area contributed by atoms with E-state index in [0.717, 1.165) is 29.5 Å². The number of rotatable bonds is 5. The zero-order valence-electron chi connectivity index (χ0n) is 16.4. The summed E-state index contributed by atoms with van der Waals surface area (Å²) < 4.78 is 39.4. The minimum atomic E-state index is -3.65. The van der Waals surface area contributed by atoms with Gasteiger partial charge in [0.25, 0.3) is 0 Å². The lowest BCUT2D eigenvalue weighted by Gasteiger charge is -2.28. The number of hydrogen-bond donors (Lipinski definition) is 0. The van der Waals surface area contributed by atoms with Crippen molar-refractivity contribution in [2.75, 3.05) is 20.8 Å². The molecule has 4 rings (SSSR count). The molecular formula is C22H25NO4S. The van der Waals surface area contributed by atoms with Crippen molar-refractivity contribution in [1.82, 2.24) is 4.31 Å². The first-order valence-electron chi connectivity index (χ1n) is 9.32. The SMILES string of the molecule is C=C1CN(S(=O)(=O)c2ccc(C)cc2)C(c2ccc(OC)c(OC)c2)C12CC2. The normalized spacial score (nSPS) is 21.1. The summed E-state index contributed by atoms with van der Waals surface area (Å²) in [4.78, 5) is 0.314. The van der Waals surface area contributed by atoms with E-state index >= 15 is 0 Å². The van der Waals surface area contributed by atoms with Gasteiger partial charge in [0, 0.05) is 12.0 Å². The van der Waals surface area contributed by atoms with Gasteiger partial charge in [-0.25, -0.2) is 8.42 Å². The lowest BCUT2D eigenvalue weighted by Crippen LogP contribution is -2.32. The number of methoxy groups -OCH3 is 2. The summed E-state index contributed by atoms with van der Waals surface area (Å²) in [5.41, 5.74) is 2.74. The highest BCUT2D eigenvalue weighted by Crippen LogP contribution is 2.66. The first kappa shape index (κ1) is 19.0. The summed E-state index contributed by atoms with van der Waals surface area (Å²) >= 11 is 0. The van der Waals surface area contributed by atoms with Crippen LogP contribution in [-0.2, 0) is 10.0 Å². The minimum Gasteiger partial charge on any atom is -0.493 e. The molecule has 0 amide bonds. The third-order valence-electron chi connectivity index (χ3n) is 6.00. The van der Waals surface area contributed by atoms with Gasteiger partial charge in [-0.3, -0.25) is 0 Å². The molecule has 0 aromatic heterocycles. The van der Waals surface area contributed by atoms with E-state index in [4.69, 9.17) is 9.47 Å². The minimum absolute atomic E-state index is 0.183. The molecular weight excluding hydrogens is 374 g/mol. The van der Waals surface area contributed by atoms with Crippen molar-refractivity contribution in [1.29, 1.82) is 0 Å². The number of hydrogen-bond acceptors (Lipinski definition) is 4. The summed E-state index contributed by atoms with van der Waals surface area (Å²) in [5, 5.41) is 0. The molecule has 148 valence electrons. The third kappa shape index (κ3) is 2.83. The van der Waals surface area contributed by atoms with Gasteiger partial charge in [-0.05, 0) is 49.6 Å². The Morgan fingerprint density at radius 1 is 1.04 bits per heavy atom. The van der Waals surface area contributed by atoms with Crippen LogP contribution in [0.1, 0.15) is 30.0 Å². The van der Waals surface area contributed by atoms with Crippen LogP contribution in [0.2, 0.25) is 0 Å². The molecule has 28 heavy (non-hydrogen) atoms. The molecule has 1 unspecified atom stereocenters. The predicted octanol–water partition coefficient (Wildman–Crippen LogP) is 4.09. The summed E-state index contributed by atoms with van der Waals surface area (Å²) in [6.07, 6.45) is 1.90. The van der Waals surface area contributed by atoms with Crippen LogP contribution in [0.25, 0.3) is 0 Å². The molecule has 2 fully saturated rings. The molecule has 1 saturated heterocycles. The maximum Gasteiger partial charge on any atom is 0.243 e. The molecule has 1 aliphatic heterocycles. The Morgan fingerprint density at radius 3 is 2.25 bits per heavy atom. The second-order valence-electron chi connectivity index (χ2n) is 7.64. The van der Waals surface area contributed by atoms with E-state index in [-0.39, 0.29) is 11.5 Å². The maximum absolute atomic E-state index is 13.5. The average molecular weight is 400 g/mol. The first-order valence-corrected chi connectivity index (χ1v) is 10.8. The number of ether oxygens (including phenoxy) is 2. The van der Waals surface area contributed by atoms with Crippen molar-refractivity contribution >= 4 is 10.0 Å². The maximum atomic E-state index is 13.5. The van der Waals surface area contributed by atoms with E-state index in [1.165, 1.54) is 0 Å². The Bertz CT molecular complexity index is 1020. The summed E-state index contributed by atoms with van der Waals surface area (Å²) in [6, 6.07) is 12.4. The van der Waals surface area contributed by atoms with Crippen LogP contribution in [0.4, 0.5) is 0 Å². The molecule has 0 N–H and O–H groups in total. The van der Waals surface area contributed by atoms with Crippen LogP contribution in [0.5, 0.6) is 11.5 Å². The van der Waals surface area contributed by atoms with Gasteiger partial charge < -0.3 is 9.47 Å². The van der Waals surface area contributed by atoms with Crippen molar-refractivity contribution in [2.45, 2.75) is 30.7 Å². The second kappa shape index (κ2) is 6.64. The first-order chi connectivity index (χ1) is 13.3. The summed E-state index contributed by atoms with van der Waals surface area (Å²) in [6.45, 7) is 6.52. The van der Waals surface area contributed by atoms with Gasteiger partial charge in [0.05, 0.1) is 25.2 Å². The monoisotopic (exact) mass is 399 g/mol. The van der Waals surface area contributed by atoms with E-state index in [1.807, 2.05) is 37.3 Å². The van der Waals surface area contributed by atoms with Crippen molar-refractivity contribution in [2.24, 2.45) is 5.41 Å². The van der Waals surface area contributed by atoms with Gasteiger partial charge >= 0.3 is 0 Å². The zero-order chi connectivity index (χ0) is 20.1. The Balaban J connectivity index is 1.81. The van der Waals surface area contributed by atoms with E-state index in [0.29, 0.717) is 22.9 Å². The van der Waals surface area contributed by atoms with Crippen molar-refractivity contribution in [3.05, 3.63) is 65.7 Å². The van der Waals surface area contributed by atoms with Crippen molar-refractivity contribution in [3.63, 3.8) is 0 Å². The topological polar surface area (TPSA) is 55.8 Å². The number of aryl methyl sites for hydroxylation is 1. The fourth-order valence-electron chi connectivity index (χ4n) is 4.25. The lowest BCUT2D eigenvalue weighted by atomic mass is 9.88. The van der Waals surface area contributed by atoms with Crippen LogP contribution >= 0.6 is 0 Å². The second-order valence-corrected chi connectivity index (χ2v) is 9.53. The van der Waals surface area contributed by atoms with Crippen LogP contribution < -0.4 is 9.47 Å². The summed E-state index contributed by atoms with van der Waals surface area (Å²) in [7, 11) is -0.477. The van der Waals surface area contributed by atoms with Gasteiger partial charge in [-0.15, -0.1) is 0 Å². The van der Waals surface area contributed by atoms with Gasteiger partial charge in [-0.2, -0.15) is 4.31 Å². The number of benzene rings is 2. The average Bonchev–Trinajstić information content (AvgIpc) is 3.43. The fraction of sp³-hybridized carbons (Fsp3) is 0.364. The van der Waals surface area contributed by atoms with Crippen molar-refractivity contribution < 1.29 is 17.9 Å². The molecule has 1 spiro atoms. The Kier molecular flexibility index (Phi) is 4.51. The highest BCUT2D eigenvalue weighted by Gasteiger charge is 2.61. The van der Waals surface area contributed by atoms with Crippen LogP contribution in [0, 0.1) is 12.3 Å². The smallest absolute Gasteiger partial charge is 0.243 e. The van der Waals surface area contributed by atoms with Crippen LogP contribution in [-0.4, -0.2) is 33.5 Å². The van der Waals surface area contributed by atoms with E-state index in [2.05, 4.69) is 6.58 Å². The van der Waals surface area contributed by atoms with E-state index in [1.54, 1.807) is 30.7 Å². The van der Waals surface area contributed by atoms with Gasteiger partial charge in [0.2, 0.25) is 10.0 Å². The Labute approximate surface area is 166 Å². The zero-order valence-corrected chi connectivity index (χ0v) is 17.3. The highest BCUT2D eigenvalue weighted by atomic mass is 32.2. The molecule has 5 nitrogen and oxygen atoms in total. The quantitative estimate of drug-likeness (QED) is 0.711. The van der Waals surface area contributed by atoms with Gasteiger partial charge in [0.15, 0.2) is 11.5 Å². The number of nitrogens with zero attached hydrogens (tertiary/aromatic N) is 1. The lowest BCUT2D eigenvalue weighted by molar-refractivity contribution is 0.329. The Hall–Kier alpha value is -2.31. The van der Waals surface area contributed by atoms with Crippen LogP contribution in [0.15, 0.2) is 59.5 Å². The molecule has 2 aromatic carbocycles. The van der Waals surface area contributed by atoms with Crippen LogP contribution in [0.3, 0.4) is 0 Å². The molecule has 1 saturated carbocycles. The standard InChI is InChI=1S/C22H25NO4S/c1-15-5-8-18(9-6-15)28(24,25)23-14-16(2)22(11-12-22)21(23)17-7-10-19(26-3)20(13-17)27-4/h5-10,13,21H,2,11-12,14H2,1,3-4H3. The van der Waals surface area contributed by atoms with E-state index in [9.17, 15) is 8.42 Å². The molecule has 2 aliphatic rings. The summed E-state index contributed by atoms with van der Waals surface area (Å²) in [5.74, 6) is 1.22. The van der Waals surface area contributed by atoms with Crippen molar-refractivity contribution in [3.8, 4) is 11.5 Å². The largest absolute Gasteiger partial charge is 0.493 e. The molecule has 1 aliphatic carbocycles. The van der Waals surface area contributed by atoms with E-state index < -0.39 is 10.0 Å². The molecule has 1 atom stereocenters. The number of sulfonamides is 1. The molecule has 0 radical (unpaired) electrons. The highest BCUT2D eigenvalue weighted by molar-refractivity contribution is 7.89.